The molecule has 2 atom stereocenters. The lowest BCUT2D eigenvalue weighted by Crippen LogP contribution is -2.33. The van der Waals surface area contributed by atoms with Gasteiger partial charge in [0.1, 0.15) is 0 Å². The molecule has 3 nitrogen and oxygen atoms in total. The lowest BCUT2D eigenvalue weighted by Gasteiger charge is -2.28. The van der Waals surface area contributed by atoms with Crippen molar-refractivity contribution in [3.63, 3.8) is 0 Å². The van der Waals surface area contributed by atoms with E-state index in [-0.39, 0.29) is 5.92 Å². The van der Waals surface area contributed by atoms with E-state index in [0.717, 1.165) is 25.7 Å². The zero-order valence-electron chi connectivity index (χ0n) is 8.07. The van der Waals surface area contributed by atoms with Crippen LogP contribution in [0.1, 0.15) is 39.0 Å². The van der Waals surface area contributed by atoms with Crippen LogP contribution >= 0.6 is 0 Å². The fraction of sp³-hybridized carbons (Fsp3) is 0.900. The van der Waals surface area contributed by atoms with E-state index in [4.69, 9.17) is 5.11 Å². The van der Waals surface area contributed by atoms with E-state index >= 15 is 0 Å². The number of aliphatic hydroxyl groups excluding tert-OH is 1. The van der Waals surface area contributed by atoms with E-state index in [1.54, 1.807) is 6.92 Å². The van der Waals surface area contributed by atoms with Crippen LogP contribution in [0.4, 0.5) is 0 Å². The summed E-state index contributed by atoms with van der Waals surface area (Å²) < 4.78 is 0. The Hall–Kier alpha value is -0.570. The lowest BCUT2D eigenvalue weighted by molar-refractivity contribution is -0.146. The van der Waals surface area contributed by atoms with Crippen molar-refractivity contribution in [1.29, 1.82) is 0 Å². The average molecular weight is 186 g/mol. The summed E-state index contributed by atoms with van der Waals surface area (Å²) in [6, 6.07) is 0. The number of carboxylic acid groups (broad SMARTS) is 1. The van der Waals surface area contributed by atoms with Crippen LogP contribution in [0.15, 0.2) is 0 Å². The molecule has 1 aliphatic carbocycles. The Balaban J connectivity index is 2.44. The van der Waals surface area contributed by atoms with Crippen LogP contribution in [0.3, 0.4) is 0 Å². The maximum atomic E-state index is 10.6. The van der Waals surface area contributed by atoms with Crippen LogP contribution in [0.5, 0.6) is 0 Å². The van der Waals surface area contributed by atoms with Gasteiger partial charge in [-0.2, -0.15) is 0 Å². The summed E-state index contributed by atoms with van der Waals surface area (Å²) in [7, 11) is 0. The Kier molecular flexibility index (Phi) is 3.72. The molecule has 1 rings (SSSR count). The van der Waals surface area contributed by atoms with Crippen molar-refractivity contribution in [1.82, 2.24) is 0 Å². The van der Waals surface area contributed by atoms with Crippen LogP contribution in [0.25, 0.3) is 0 Å². The molecule has 1 saturated carbocycles. The molecular weight excluding hydrogens is 168 g/mol. The highest BCUT2D eigenvalue weighted by Gasteiger charge is 2.29. The second kappa shape index (κ2) is 4.61. The molecule has 76 valence electrons. The molecule has 0 bridgehead atoms. The van der Waals surface area contributed by atoms with Gasteiger partial charge < -0.3 is 10.2 Å². The van der Waals surface area contributed by atoms with E-state index in [1.165, 1.54) is 6.42 Å². The predicted octanol–water partition coefficient (Wildman–Crippen LogP) is 1.65. The maximum absolute atomic E-state index is 10.6. The first-order valence-electron chi connectivity index (χ1n) is 5.04. The second-order valence-corrected chi connectivity index (χ2v) is 4.02. The van der Waals surface area contributed by atoms with Gasteiger partial charge in [-0.3, -0.25) is 4.79 Å². The van der Waals surface area contributed by atoms with Crippen molar-refractivity contribution in [3.05, 3.63) is 0 Å². The molecule has 0 aromatic heterocycles. The van der Waals surface area contributed by atoms with Gasteiger partial charge in [0, 0.05) is 0 Å². The molecule has 0 aromatic carbocycles. The minimum atomic E-state index is -0.891. The van der Waals surface area contributed by atoms with Crippen molar-refractivity contribution in [2.24, 2.45) is 11.8 Å². The molecule has 2 N–H and O–H groups in total. The molecule has 0 spiro atoms. The first-order valence-corrected chi connectivity index (χ1v) is 5.04. The molecule has 13 heavy (non-hydrogen) atoms. The summed E-state index contributed by atoms with van der Waals surface area (Å²) in [5.41, 5.74) is 0. The Morgan fingerprint density at radius 1 is 1.31 bits per heavy atom. The molecule has 0 unspecified atom stereocenters. The highest BCUT2D eigenvalue weighted by Crippen LogP contribution is 2.29. The number of aliphatic hydroxyl groups is 1. The quantitative estimate of drug-likeness (QED) is 0.704. The molecule has 1 fully saturated rings. The van der Waals surface area contributed by atoms with E-state index in [1.807, 2.05) is 0 Å². The molecule has 3 heteroatoms. The minimum absolute atomic E-state index is 0.208. The van der Waals surface area contributed by atoms with Gasteiger partial charge in [-0.1, -0.05) is 19.3 Å². The summed E-state index contributed by atoms with van der Waals surface area (Å²) in [5.74, 6) is -1.30. The van der Waals surface area contributed by atoms with E-state index in [9.17, 15) is 9.90 Å². The standard InChI is InChI=1S/C10H18O3/c1-7(10(12)13)9(11)8-5-3-2-4-6-8/h7-9,11H,2-6H2,1H3,(H,12,13)/t7-,9-/m1/s1. The fourth-order valence-corrected chi connectivity index (χ4v) is 2.03. The maximum Gasteiger partial charge on any atom is 0.308 e. The van der Waals surface area contributed by atoms with Crippen molar-refractivity contribution < 1.29 is 15.0 Å². The Labute approximate surface area is 78.8 Å². The molecule has 0 amide bonds. The second-order valence-electron chi connectivity index (χ2n) is 4.02. The number of rotatable bonds is 3. The third kappa shape index (κ3) is 2.69. The van der Waals surface area contributed by atoms with Crippen LogP contribution in [-0.2, 0) is 4.79 Å². The smallest absolute Gasteiger partial charge is 0.308 e. The third-order valence-corrected chi connectivity index (χ3v) is 3.03. The van der Waals surface area contributed by atoms with E-state index in [0.29, 0.717) is 0 Å². The van der Waals surface area contributed by atoms with Gasteiger partial charge >= 0.3 is 5.97 Å². The molecule has 0 aromatic rings. The Morgan fingerprint density at radius 3 is 2.31 bits per heavy atom. The van der Waals surface area contributed by atoms with E-state index < -0.39 is 18.0 Å². The summed E-state index contributed by atoms with van der Waals surface area (Å²) in [6.07, 6.45) is 4.81. The van der Waals surface area contributed by atoms with Crippen LogP contribution < -0.4 is 0 Å². The summed E-state index contributed by atoms with van der Waals surface area (Å²) in [5, 5.41) is 18.5. The number of hydrogen-bond acceptors (Lipinski definition) is 2. The van der Waals surface area contributed by atoms with Gasteiger partial charge in [0.05, 0.1) is 12.0 Å². The number of carbonyl (C=O) groups is 1. The fourth-order valence-electron chi connectivity index (χ4n) is 2.03. The van der Waals surface area contributed by atoms with Crippen molar-refractivity contribution in [3.8, 4) is 0 Å². The van der Waals surface area contributed by atoms with Gasteiger partial charge in [0.15, 0.2) is 0 Å². The summed E-state index contributed by atoms with van der Waals surface area (Å²) >= 11 is 0. The molecule has 0 radical (unpaired) electrons. The topological polar surface area (TPSA) is 57.5 Å². The first-order chi connectivity index (χ1) is 6.13. The summed E-state index contributed by atoms with van der Waals surface area (Å²) in [6.45, 7) is 1.58. The van der Waals surface area contributed by atoms with Crippen LogP contribution in [0.2, 0.25) is 0 Å². The molecule has 0 heterocycles. The van der Waals surface area contributed by atoms with Gasteiger partial charge in [-0.25, -0.2) is 0 Å². The zero-order chi connectivity index (χ0) is 9.84. The zero-order valence-corrected chi connectivity index (χ0v) is 8.07. The predicted molar refractivity (Wildman–Crippen MR) is 49.4 cm³/mol. The minimum Gasteiger partial charge on any atom is -0.481 e. The largest absolute Gasteiger partial charge is 0.481 e. The molecular formula is C10H18O3. The molecule has 0 aliphatic heterocycles. The monoisotopic (exact) mass is 186 g/mol. The third-order valence-electron chi connectivity index (χ3n) is 3.03. The normalized spacial score (nSPS) is 23.8. The Bertz CT molecular complexity index is 173. The van der Waals surface area contributed by atoms with Crippen molar-refractivity contribution in [2.75, 3.05) is 0 Å². The van der Waals surface area contributed by atoms with E-state index in [2.05, 4.69) is 0 Å². The van der Waals surface area contributed by atoms with Crippen molar-refractivity contribution >= 4 is 5.97 Å². The SMILES string of the molecule is C[C@@H](C(=O)O)[C@@H](O)C1CCCCC1. The molecule has 1 aliphatic rings. The van der Waals surface area contributed by atoms with Crippen LogP contribution in [0, 0.1) is 11.8 Å². The van der Waals surface area contributed by atoms with Crippen LogP contribution in [-0.4, -0.2) is 22.3 Å². The van der Waals surface area contributed by atoms with Gasteiger partial charge in [-0.05, 0) is 25.7 Å². The van der Waals surface area contributed by atoms with Gasteiger partial charge in [0.25, 0.3) is 0 Å². The first kappa shape index (κ1) is 10.5. The average Bonchev–Trinajstić information content (AvgIpc) is 2.17. The van der Waals surface area contributed by atoms with Gasteiger partial charge in [-0.15, -0.1) is 0 Å². The highest BCUT2D eigenvalue weighted by atomic mass is 16.4. The Morgan fingerprint density at radius 2 is 1.85 bits per heavy atom. The molecule has 0 saturated heterocycles. The lowest BCUT2D eigenvalue weighted by atomic mass is 9.81. The van der Waals surface area contributed by atoms with Crippen molar-refractivity contribution in [2.45, 2.75) is 45.1 Å². The number of carboxylic acids is 1. The number of aliphatic carboxylic acids is 1. The summed E-state index contributed by atoms with van der Waals surface area (Å²) in [4.78, 5) is 10.6. The number of hydrogen-bond donors (Lipinski definition) is 2. The highest BCUT2D eigenvalue weighted by molar-refractivity contribution is 5.70. The van der Waals surface area contributed by atoms with Gasteiger partial charge in [0.2, 0.25) is 0 Å².